The molecule has 0 aliphatic rings. The molecular weight excluding hydrogens is 328 g/mol. The molecule has 0 saturated heterocycles. The fourth-order valence-corrected chi connectivity index (χ4v) is 3.16. The normalized spacial score (nSPS) is 14.3. The van der Waals surface area contributed by atoms with Crippen molar-refractivity contribution in [2.24, 2.45) is 5.92 Å². The van der Waals surface area contributed by atoms with Crippen LogP contribution in [0, 0.1) is 5.92 Å². The molecule has 0 bridgehead atoms. The van der Waals surface area contributed by atoms with E-state index < -0.39 is 0 Å². The van der Waals surface area contributed by atoms with Crippen LogP contribution >= 0.6 is 0 Å². The van der Waals surface area contributed by atoms with Gasteiger partial charge in [-0.3, -0.25) is 0 Å². The molecule has 0 N–H and O–H groups in total. The van der Waals surface area contributed by atoms with Gasteiger partial charge in [0.15, 0.2) is 0 Å². The van der Waals surface area contributed by atoms with Crippen LogP contribution in [-0.4, -0.2) is 5.78 Å². The van der Waals surface area contributed by atoms with Gasteiger partial charge in [-0.25, -0.2) is 0 Å². The van der Waals surface area contributed by atoms with Crippen LogP contribution in [-0.2, 0) is 4.79 Å². The average Bonchev–Trinajstić information content (AvgIpc) is 2.57. The van der Waals surface area contributed by atoms with Crippen LogP contribution < -0.4 is 0 Å². The summed E-state index contributed by atoms with van der Waals surface area (Å²) in [6.45, 7) is 14.9. The number of hydrogen-bond donors (Lipinski definition) is 0. The maximum absolute atomic E-state index is 11.3. The number of carbonyl (C=O) groups is 1. The third-order valence-electron chi connectivity index (χ3n) is 5.11. The minimum absolute atomic E-state index is 0.313. The van der Waals surface area contributed by atoms with Crippen LogP contribution in [0.5, 0.6) is 0 Å². The van der Waals surface area contributed by atoms with Crippen molar-refractivity contribution in [2.75, 3.05) is 0 Å². The lowest BCUT2D eigenvalue weighted by atomic mass is 9.95. The summed E-state index contributed by atoms with van der Waals surface area (Å²) in [7, 11) is 0. The highest BCUT2D eigenvalue weighted by Crippen LogP contribution is 2.18. The molecule has 1 unspecified atom stereocenters. The summed E-state index contributed by atoms with van der Waals surface area (Å²) < 4.78 is 0. The zero-order chi connectivity index (χ0) is 20.7. The van der Waals surface area contributed by atoms with Crippen LogP contribution in [0.15, 0.2) is 46.6 Å². The summed E-state index contributed by atoms with van der Waals surface area (Å²) in [6, 6.07) is 0. The van der Waals surface area contributed by atoms with Gasteiger partial charge in [-0.15, -0.1) is 0 Å². The highest BCUT2D eigenvalue weighted by atomic mass is 16.1. The van der Waals surface area contributed by atoms with Crippen LogP contribution in [0.25, 0.3) is 0 Å². The standard InChI is InChI=1S/C26H44O/c1-8-26(20-25(7)27)19-18-24(6)17-11-16-23(5)15-10-14-22(4)13-9-12-21(2)3/h12,14,16,18,26H,8-11,13,15,17,19-20H2,1-7H3/b22-14+,23-16+,24-18+. The molecule has 1 heteroatoms. The van der Waals surface area contributed by atoms with Crippen molar-refractivity contribution in [1.29, 1.82) is 0 Å². The van der Waals surface area contributed by atoms with E-state index in [4.69, 9.17) is 0 Å². The lowest BCUT2D eigenvalue weighted by molar-refractivity contribution is -0.117. The molecule has 0 saturated carbocycles. The van der Waals surface area contributed by atoms with Gasteiger partial charge in [-0.1, -0.05) is 59.9 Å². The Hall–Kier alpha value is -1.37. The molecule has 0 aliphatic heterocycles. The van der Waals surface area contributed by atoms with Crippen molar-refractivity contribution in [2.45, 2.75) is 106 Å². The van der Waals surface area contributed by atoms with Crippen molar-refractivity contribution in [1.82, 2.24) is 0 Å². The van der Waals surface area contributed by atoms with Crippen LogP contribution in [0.3, 0.4) is 0 Å². The van der Waals surface area contributed by atoms with E-state index in [2.05, 4.69) is 65.8 Å². The molecular formula is C26H44O. The molecule has 0 aromatic rings. The number of hydrogen-bond acceptors (Lipinski definition) is 1. The lowest BCUT2D eigenvalue weighted by Gasteiger charge is -2.10. The number of Topliss-reactive ketones (excluding diaryl/α,β-unsaturated/α-hetero) is 1. The quantitative estimate of drug-likeness (QED) is 0.279. The number of allylic oxidation sites excluding steroid dienone is 8. The summed E-state index contributed by atoms with van der Waals surface area (Å²) in [5.74, 6) is 0.828. The second-order valence-corrected chi connectivity index (χ2v) is 8.47. The zero-order valence-electron chi connectivity index (χ0n) is 19.2. The summed E-state index contributed by atoms with van der Waals surface area (Å²) in [6.07, 6.45) is 19.2. The van der Waals surface area contributed by atoms with E-state index in [1.165, 1.54) is 35.1 Å². The topological polar surface area (TPSA) is 17.1 Å². The van der Waals surface area contributed by atoms with Gasteiger partial charge in [0.25, 0.3) is 0 Å². The largest absolute Gasteiger partial charge is 0.300 e. The van der Waals surface area contributed by atoms with Gasteiger partial charge < -0.3 is 4.79 Å². The summed E-state index contributed by atoms with van der Waals surface area (Å²) in [4.78, 5) is 11.3. The number of rotatable bonds is 14. The summed E-state index contributed by atoms with van der Waals surface area (Å²) >= 11 is 0. The summed E-state index contributed by atoms with van der Waals surface area (Å²) in [5, 5.41) is 0. The second kappa shape index (κ2) is 15.7. The smallest absolute Gasteiger partial charge is 0.130 e. The third kappa shape index (κ3) is 16.5. The fraction of sp³-hybridized carbons (Fsp3) is 0.654. The van der Waals surface area contributed by atoms with E-state index in [-0.39, 0.29) is 0 Å². The van der Waals surface area contributed by atoms with E-state index in [1.54, 1.807) is 6.92 Å². The molecule has 27 heavy (non-hydrogen) atoms. The molecule has 0 amide bonds. The van der Waals surface area contributed by atoms with E-state index in [0.29, 0.717) is 11.7 Å². The zero-order valence-corrected chi connectivity index (χ0v) is 19.2. The van der Waals surface area contributed by atoms with Crippen LogP contribution in [0.2, 0.25) is 0 Å². The minimum atomic E-state index is 0.313. The average molecular weight is 373 g/mol. The Labute approximate surface area is 169 Å². The maximum Gasteiger partial charge on any atom is 0.130 e. The lowest BCUT2D eigenvalue weighted by Crippen LogP contribution is -2.03. The van der Waals surface area contributed by atoms with Gasteiger partial charge in [-0.2, -0.15) is 0 Å². The Bertz CT molecular complexity index is 539. The molecule has 0 rings (SSSR count). The Morgan fingerprint density at radius 2 is 1.15 bits per heavy atom. The Morgan fingerprint density at radius 1 is 0.704 bits per heavy atom. The first-order valence-electron chi connectivity index (χ1n) is 10.8. The molecule has 0 aliphatic carbocycles. The van der Waals surface area contributed by atoms with Gasteiger partial charge in [-0.05, 0) is 92.4 Å². The van der Waals surface area contributed by atoms with Crippen molar-refractivity contribution in [3.05, 3.63) is 46.6 Å². The highest BCUT2D eigenvalue weighted by molar-refractivity contribution is 5.75. The van der Waals surface area contributed by atoms with Gasteiger partial charge in [0.2, 0.25) is 0 Å². The predicted octanol–water partition coefficient (Wildman–Crippen LogP) is 8.53. The number of ketones is 1. The van der Waals surface area contributed by atoms with Crippen molar-refractivity contribution in [3.63, 3.8) is 0 Å². The Balaban J connectivity index is 4.14. The monoisotopic (exact) mass is 372 g/mol. The molecule has 1 nitrogen and oxygen atoms in total. The molecule has 0 aromatic carbocycles. The first-order chi connectivity index (χ1) is 12.7. The van der Waals surface area contributed by atoms with E-state index in [9.17, 15) is 4.79 Å². The van der Waals surface area contributed by atoms with Crippen LogP contribution in [0.4, 0.5) is 0 Å². The minimum Gasteiger partial charge on any atom is -0.300 e. The SMILES string of the molecule is CCC(C/C=C(\C)CC/C=C(\C)CC/C=C(\C)CCC=C(C)C)CC(C)=O. The van der Waals surface area contributed by atoms with Gasteiger partial charge in [0.05, 0.1) is 0 Å². The summed E-state index contributed by atoms with van der Waals surface area (Å²) in [5.41, 5.74) is 5.88. The van der Waals surface area contributed by atoms with Gasteiger partial charge >= 0.3 is 0 Å². The van der Waals surface area contributed by atoms with Gasteiger partial charge in [0, 0.05) is 6.42 Å². The molecule has 0 spiro atoms. The third-order valence-corrected chi connectivity index (χ3v) is 5.11. The van der Waals surface area contributed by atoms with Crippen molar-refractivity contribution < 1.29 is 4.79 Å². The molecule has 0 aromatic heterocycles. The first kappa shape index (κ1) is 25.6. The van der Waals surface area contributed by atoms with Crippen LogP contribution in [0.1, 0.15) is 106 Å². The second-order valence-electron chi connectivity index (χ2n) is 8.47. The van der Waals surface area contributed by atoms with E-state index >= 15 is 0 Å². The first-order valence-corrected chi connectivity index (χ1v) is 10.8. The molecule has 1 atom stereocenters. The predicted molar refractivity (Wildman–Crippen MR) is 122 cm³/mol. The van der Waals surface area contributed by atoms with Crippen molar-refractivity contribution >= 4 is 5.78 Å². The van der Waals surface area contributed by atoms with E-state index in [1.807, 2.05) is 0 Å². The van der Waals surface area contributed by atoms with Crippen molar-refractivity contribution in [3.8, 4) is 0 Å². The highest BCUT2D eigenvalue weighted by Gasteiger charge is 2.07. The van der Waals surface area contributed by atoms with E-state index in [0.717, 1.165) is 44.9 Å². The Kier molecular flexibility index (Phi) is 14.9. The van der Waals surface area contributed by atoms with Gasteiger partial charge in [0.1, 0.15) is 5.78 Å². The molecule has 154 valence electrons. The number of carbonyl (C=O) groups excluding carboxylic acids is 1. The molecule has 0 heterocycles. The maximum atomic E-state index is 11.3. The molecule has 0 radical (unpaired) electrons. The fourth-order valence-electron chi connectivity index (χ4n) is 3.16. The Morgan fingerprint density at radius 3 is 1.56 bits per heavy atom. The molecule has 0 fully saturated rings.